The number of aliphatic hydroxyl groups is 1. The van der Waals surface area contributed by atoms with Crippen LogP contribution in [0.2, 0.25) is 0 Å². The third kappa shape index (κ3) is 5.64. The van der Waals surface area contributed by atoms with Crippen LogP contribution in [0.25, 0.3) is 0 Å². The van der Waals surface area contributed by atoms with Crippen LogP contribution in [0, 0.1) is 0 Å². The molecule has 0 saturated carbocycles. The second-order valence-electron chi connectivity index (χ2n) is 3.89. The molecule has 18 heavy (non-hydrogen) atoms. The topological polar surface area (TPSA) is 40.5 Å². The van der Waals surface area contributed by atoms with Crippen molar-refractivity contribution in [1.82, 2.24) is 0 Å². The fourth-order valence-corrected chi connectivity index (χ4v) is 2.42. The molecule has 1 fully saturated rings. The predicted octanol–water partition coefficient (Wildman–Crippen LogP) is 3.29. The van der Waals surface area contributed by atoms with Gasteiger partial charge in [0.05, 0.1) is 11.7 Å². The summed E-state index contributed by atoms with van der Waals surface area (Å²) in [6.07, 6.45) is -2.30. The second kappa shape index (κ2) is 6.89. The number of phenols is 1. The highest BCUT2D eigenvalue weighted by Gasteiger charge is 2.29. The maximum absolute atomic E-state index is 11.8. The van der Waals surface area contributed by atoms with Gasteiger partial charge >= 0.3 is 6.18 Å². The number of aromatic hydroxyl groups is 1. The minimum absolute atomic E-state index is 0.0150. The zero-order valence-corrected chi connectivity index (χ0v) is 10.5. The fourth-order valence-electron chi connectivity index (χ4n) is 1.34. The summed E-state index contributed by atoms with van der Waals surface area (Å²) in [7, 11) is 0. The van der Waals surface area contributed by atoms with Crippen LogP contribution in [-0.4, -0.2) is 27.8 Å². The highest BCUT2D eigenvalue weighted by Crippen LogP contribution is 2.29. The first kappa shape index (κ1) is 15.2. The van der Waals surface area contributed by atoms with Crippen LogP contribution in [0.1, 0.15) is 18.4 Å². The predicted molar refractivity (Wildman–Crippen MR) is 65.7 cm³/mol. The van der Waals surface area contributed by atoms with Crippen molar-refractivity contribution in [3.05, 3.63) is 29.8 Å². The molecule has 2 rings (SSSR count). The van der Waals surface area contributed by atoms with Crippen LogP contribution in [0.5, 0.6) is 5.75 Å². The number of hydrogen-bond acceptors (Lipinski definition) is 3. The molecule has 0 aromatic heterocycles. The second-order valence-corrected chi connectivity index (χ2v) is 5.11. The van der Waals surface area contributed by atoms with Gasteiger partial charge in [-0.3, -0.25) is 0 Å². The quantitative estimate of drug-likeness (QED) is 0.766. The highest BCUT2D eigenvalue weighted by molar-refractivity contribution is 7.99. The molecule has 0 aliphatic carbocycles. The molecular formula is C12H15F3O2S. The van der Waals surface area contributed by atoms with Crippen molar-refractivity contribution >= 4 is 11.8 Å². The van der Waals surface area contributed by atoms with E-state index < -0.39 is 11.7 Å². The first-order valence-electron chi connectivity index (χ1n) is 5.51. The molecular weight excluding hydrogens is 265 g/mol. The molecule has 0 bridgehead atoms. The average molecular weight is 280 g/mol. The number of alkyl halides is 3. The van der Waals surface area contributed by atoms with Gasteiger partial charge in [-0.25, -0.2) is 0 Å². The molecule has 2 nitrogen and oxygen atoms in total. The number of benzene rings is 1. The molecule has 6 heteroatoms. The summed E-state index contributed by atoms with van der Waals surface area (Å²) in [4.78, 5) is 0. The average Bonchev–Trinajstić information content (AvgIpc) is 2.30. The SMILES string of the molecule is OC1CCSCC1.Oc1ccc(C(F)(F)F)cc1. The lowest BCUT2D eigenvalue weighted by Gasteiger charge is -2.14. The van der Waals surface area contributed by atoms with Crippen LogP contribution in [-0.2, 0) is 6.18 Å². The summed E-state index contributed by atoms with van der Waals surface area (Å²) in [5.74, 6) is 2.14. The molecule has 1 aliphatic heterocycles. The van der Waals surface area contributed by atoms with Gasteiger partial charge in [-0.2, -0.15) is 24.9 Å². The minimum atomic E-state index is -4.33. The molecule has 0 spiro atoms. The Hall–Kier alpha value is -0.880. The summed E-state index contributed by atoms with van der Waals surface area (Å²) in [5.41, 5.74) is -0.754. The van der Waals surface area contributed by atoms with Gasteiger partial charge in [-0.05, 0) is 48.6 Å². The normalized spacial score (nSPS) is 16.9. The van der Waals surface area contributed by atoms with E-state index in [0.717, 1.165) is 48.6 Å². The first-order chi connectivity index (χ1) is 8.39. The molecule has 0 amide bonds. The van der Waals surface area contributed by atoms with Gasteiger partial charge in [0, 0.05) is 0 Å². The number of halogens is 3. The molecule has 0 unspecified atom stereocenters. The Morgan fingerprint density at radius 1 is 1.06 bits per heavy atom. The van der Waals surface area contributed by atoms with Crippen LogP contribution >= 0.6 is 11.8 Å². The molecule has 1 aromatic rings. The third-order valence-electron chi connectivity index (χ3n) is 2.39. The molecule has 1 saturated heterocycles. The van der Waals surface area contributed by atoms with Crippen LogP contribution < -0.4 is 0 Å². The van der Waals surface area contributed by atoms with Gasteiger partial charge in [-0.15, -0.1) is 0 Å². The zero-order valence-electron chi connectivity index (χ0n) is 9.65. The molecule has 1 aromatic carbocycles. The minimum Gasteiger partial charge on any atom is -0.508 e. The lowest BCUT2D eigenvalue weighted by Crippen LogP contribution is -2.13. The Labute approximate surface area is 108 Å². The largest absolute Gasteiger partial charge is 0.508 e. The maximum atomic E-state index is 11.8. The Balaban J connectivity index is 0.000000199. The van der Waals surface area contributed by atoms with Crippen molar-refractivity contribution in [3.63, 3.8) is 0 Å². The summed E-state index contributed by atoms with van der Waals surface area (Å²) < 4.78 is 35.5. The van der Waals surface area contributed by atoms with Gasteiger partial charge in [-0.1, -0.05) is 0 Å². The Morgan fingerprint density at radius 2 is 1.56 bits per heavy atom. The summed E-state index contributed by atoms with van der Waals surface area (Å²) in [5, 5.41) is 17.6. The van der Waals surface area contributed by atoms with Gasteiger partial charge in [0.1, 0.15) is 5.75 Å². The van der Waals surface area contributed by atoms with E-state index in [-0.39, 0.29) is 11.9 Å². The molecule has 102 valence electrons. The van der Waals surface area contributed by atoms with Crippen molar-refractivity contribution in [2.24, 2.45) is 0 Å². The fraction of sp³-hybridized carbons (Fsp3) is 0.500. The van der Waals surface area contributed by atoms with Crippen molar-refractivity contribution in [3.8, 4) is 5.75 Å². The number of aliphatic hydroxyl groups excluding tert-OH is 1. The molecule has 2 N–H and O–H groups in total. The Morgan fingerprint density at radius 3 is 1.89 bits per heavy atom. The van der Waals surface area contributed by atoms with E-state index >= 15 is 0 Å². The molecule has 0 atom stereocenters. The van der Waals surface area contributed by atoms with Gasteiger partial charge in [0.15, 0.2) is 0 Å². The lowest BCUT2D eigenvalue weighted by atomic mass is 10.2. The van der Waals surface area contributed by atoms with E-state index in [4.69, 9.17) is 10.2 Å². The number of hydrogen-bond donors (Lipinski definition) is 2. The van der Waals surface area contributed by atoms with Crippen molar-refractivity contribution in [2.45, 2.75) is 25.1 Å². The molecule has 0 radical (unpaired) electrons. The standard InChI is InChI=1S/C7H5F3O.C5H10OS/c8-7(9,10)5-1-3-6(11)4-2-5;6-5-1-3-7-4-2-5/h1-4,11H;5-6H,1-4H2. The summed E-state index contributed by atoms with van der Waals surface area (Å²) >= 11 is 1.94. The van der Waals surface area contributed by atoms with Gasteiger partial charge in [0.25, 0.3) is 0 Å². The van der Waals surface area contributed by atoms with Crippen LogP contribution in [0.15, 0.2) is 24.3 Å². The third-order valence-corrected chi connectivity index (χ3v) is 3.43. The van der Waals surface area contributed by atoms with Crippen LogP contribution in [0.4, 0.5) is 13.2 Å². The van der Waals surface area contributed by atoms with Gasteiger partial charge in [0.2, 0.25) is 0 Å². The van der Waals surface area contributed by atoms with E-state index in [2.05, 4.69) is 0 Å². The van der Waals surface area contributed by atoms with E-state index in [1.165, 1.54) is 0 Å². The Kier molecular flexibility index (Phi) is 5.81. The smallest absolute Gasteiger partial charge is 0.416 e. The Bertz CT molecular complexity index is 345. The van der Waals surface area contributed by atoms with Crippen molar-refractivity contribution in [1.29, 1.82) is 0 Å². The van der Waals surface area contributed by atoms with E-state index in [1.54, 1.807) is 0 Å². The first-order valence-corrected chi connectivity index (χ1v) is 6.67. The molecule has 1 heterocycles. The highest BCUT2D eigenvalue weighted by atomic mass is 32.2. The summed E-state index contributed by atoms with van der Waals surface area (Å²) in [6.45, 7) is 0. The van der Waals surface area contributed by atoms with Crippen LogP contribution in [0.3, 0.4) is 0 Å². The zero-order chi connectivity index (χ0) is 13.6. The van der Waals surface area contributed by atoms with Gasteiger partial charge < -0.3 is 10.2 Å². The lowest BCUT2D eigenvalue weighted by molar-refractivity contribution is -0.137. The van der Waals surface area contributed by atoms with Crippen molar-refractivity contribution < 1.29 is 23.4 Å². The monoisotopic (exact) mass is 280 g/mol. The van der Waals surface area contributed by atoms with E-state index in [9.17, 15) is 13.2 Å². The maximum Gasteiger partial charge on any atom is 0.416 e. The summed E-state index contributed by atoms with van der Waals surface area (Å²) in [6, 6.07) is 3.66. The number of rotatable bonds is 0. The van der Waals surface area contributed by atoms with E-state index in [1.807, 2.05) is 11.8 Å². The van der Waals surface area contributed by atoms with Crippen molar-refractivity contribution in [2.75, 3.05) is 11.5 Å². The molecule has 1 aliphatic rings. The number of thioether (sulfide) groups is 1. The van der Waals surface area contributed by atoms with E-state index in [0.29, 0.717) is 0 Å². The number of phenolic OH excluding ortho intramolecular Hbond substituents is 1.